The molecule has 1 heterocycles. The molecule has 5 heteroatoms. The Morgan fingerprint density at radius 2 is 1.52 bits per heavy atom. The van der Waals surface area contributed by atoms with Crippen molar-refractivity contribution in [3.63, 3.8) is 0 Å². The van der Waals surface area contributed by atoms with Crippen LogP contribution in [0.1, 0.15) is 31.2 Å². The maximum absolute atomic E-state index is 10.5. The standard InChI is InChI=1S/C16H19O4P/c17-14-11-7-4-5-8-12(11)15(18)16-13(14)9-3-1-2-6-10-21(16,19)20/h4-5,7-8,10,17-20H,1-3,6,9H2. The van der Waals surface area contributed by atoms with E-state index >= 15 is 0 Å². The summed E-state index contributed by atoms with van der Waals surface area (Å²) < 4.78 is 0. The summed E-state index contributed by atoms with van der Waals surface area (Å²) in [5, 5.41) is 22.2. The summed E-state index contributed by atoms with van der Waals surface area (Å²) in [6.07, 6.45) is 3.84. The highest BCUT2D eigenvalue weighted by atomic mass is 31.2. The number of rotatable bonds is 0. The summed E-state index contributed by atoms with van der Waals surface area (Å²) in [7, 11) is -3.53. The Labute approximate surface area is 123 Å². The maximum Gasteiger partial charge on any atom is 0.149 e. The highest BCUT2D eigenvalue weighted by Gasteiger charge is 2.27. The summed E-state index contributed by atoms with van der Waals surface area (Å²) in [4.78, 5) is 20.9. The molecule has 0 radical (unpaired) electrons. The van der Waals surface area contributed by atoms with Gasteiger partial charge in [-0.25, -0.2) is 0 Å². The summed E-state index contributed by atoms with van der Waals surface area (Å²) in [6.45, 7) is 0. The van der Waals surface area contributed by atoms with Crippen molar-refractivity contribution in [2.24, 2.45) is 0 Å². The molecule has 4 N–H and O–H groups in total. The number of benzene rings is 2. The number of hydrogen-bond acceptors (Lipinski definition) is 4. The molecular formula is C16H19O4P. The second kappa shape index (κ2) is 5.38. The summed E-state index contributed by atoms with van der Waals surface area (Å²) in [5.74, 6) is 1.45. The van der Waals surface area contributed by atoms with E-state index in [2.05, 4.69) is 0 Å². The number of aromatic hydroxyl groups is 2. The van der Waals surface area contributed by atoms with Crippen LogP contribution in [0.4, 0.5) is 0 Å². The van der Waals surface area contributed by atoms with Crippen molar-refractivity contribution in [2.45, 2.75) is 32.1 Å². The van der Waals surface area contributed by atoms with E-state index < -0.39 is 7.34 Å². The van der Waals surface area contributed by atoms with Gasteiger partial charge in [0.2, 0.25) is 0 Å². The van der Waals surface area contributed by atoms with Gasteiger partial charge in [-0.1, -0.05) is 30.7 Å². The van der Waals surface area contributed by atoms with Crippen LogP contribution in [0, 0.1) is 0 Å². The van der Waals surface area contributed by atoms with Crippen LogP contribution in [-0.4, -0.2) is 25.8 Å². The normalized spacial score (nSPS) is 18.2. The fourth-order valence-electron chi connectivity index (χ4n) is 3.02. The van der Waals surface area contributed by atoms with Crippen molar-refractivity contribution in [1.82, 2.24) is 0 Å². The van der Waals surface area contributed by atoms with Gasteiger partial charge in [-0.2, -0.15) is 0 Å². The molecule has 0 aromatic heterocycles. The third kappa shape index (κ3) is 2.44. The van der Waals surface area contributed by atoms with E-state index in [0.29, 0.717) is 29.2 Å². The van der Waals surface area contributed by atoms with Gasteiger partial charge in [0.05, 0.1) is 5.30 Å². The third-order valence-electron chi connectivity index (χ3n) is 4.08. The second-order valence-corrected chi connectivity index (χ2v) is 7.61. The van der Waals surface area contributed by atoms with Gasteiger partial charge in [0.25, 0.3) is 0 Å². The van der Waals surface area contributed by atoms with Crippen LogP contribution in [0.5, 0.6) is 11.5 Å². The van der Waals surface area contributed by atoms with Crippen molar-refractivity contribution < 1.29 is 20.0 Å². The van der Waals surface area contributed by atoms with Gasteiger partial charge in [0.15, 0.2) is 0 Å². The Kier molecular flexibility index (Phi) is 3.70. The van der Waals surface area contributed by atoms with E-state index in [9.17, 15) is 20.0 Å². The van der Waals surface area contributed by atoms with E-state index in [1.807, 2.05) is 0 Å². The van der Waals surface area contributed by atoms with Gasteiger partial charge in [0, 0.05) is 16.3 Å². The molecule has 4 nitrogen and oxygen atoms in total. The average Bonchev–Trinajstić information content (AvgIpc) is 2.54. The van der Waals surface area contributed by atoms with E-state index in [4.69, 9.17) is 0 Å². The summed E-state index contributed by atoms with van der Waals surface area (Å²) in [5.41, 5.74) is 0.475. The first-order valence-corrected chi connectivity index (χ1v) is 8.93. The lowest BCUT2D eigenvalue weighted by molar-refractivity contribution is 0.458. The fraction of sp³-hybridized carbons (Fsp3) is 0.312. The lowest BCUT2D eigenvalue weighted by Crippen LogP contribution is -2.14. The molecule has 3 rings (SSSR count). The second-order valence-electron chi connectivity index (χ2n) is 5.50. The van der Waals surface area contributed by atoms with Gasteiger partial charge in [0.1, 0.15) is 18.8 Å². The molecule has 0 saturated heterocycles. The Hall–Kier alpha value is -1.48. The Balaban J connectivity index is 2.42. The number of phenolic OH excluding ortho intramolecular Hbond substituents is 2. The molecular weight excluding hydrogens is 287 g/mol. The van der Waals surface area contributed by atoms with Crippen molar-refractivity contribution in [2.75, 3.05) is 0 Å². The Bertz CT molecular complexity index is 746. The SMILES string of the molecule is Oc1c2c(c(O)c3ccccc13)P(O)(O)=CCCCCC2. The predicted molar refractivity (Wildman–Crippen MR) is 86.5 cm³/mol. The maximum atomic E-state index is 10.5. The van der Waals surface area contributed by atoms with Crippen LogP contribution in [0.2, 0.25) is 0 Å². The van der Waals surface area contributed by atoms with Crippen molar-refractivity contribution in [3.8, 4) is 11.5 Å². The zero-order valence-corrected chi connectivity index (χ0v) is 12.6. The lowest BCUT2D eigenvalue weighted by atomic mass is 9.99. The molecule has 1 aliphatic rings. The van der Waals surface area contributed by atoms with Gasteiger partial charge in [-0.15, -0.1) is 0 Å². The van der Waals surface area contributed by atoms with E-state index in [1.54, 1.807) is 24.3 Å². The molecule has 0 unspecified atom stereocenters. The summed E-state index contributed by atoms with van der Waals surface area (Å²) >= 11 is 0. The largest absolute Gasteiger partial charge is 0.507 e. The molecule has 112 valence electrons. The molecule has 21 heavy (non-hydrogen) atoms. The van der Waals surface area contributed by atoms with Crippen LogP contribution in [0.25, 0.3) is 10.8 Å². The smallest absolute Gasteiger partial charge is 0.149 e. The number of hydrogen-bond donors (Lipinski definition) is 4. The Morgan fingerprint density at radius 1 is 0.857 bits per heavy atom. The minimum atomic E-state index is -3.53. The van der Waals surface area contributed by atoms with Crippen LogP contribution in [0.3, 0.4) is 0 Å². The minimum Gasteiger partial charge on any atom is -0.507 e. The topological polar surface area (TPSA) is 80.9 Å². The van der Waals surface area contributed by atoms with E-state index in [1.165, 1.54) is 5.80 Å². The van der Waals surface area contributed by atoms with Crippen molar-refractivity contribution >= 4 is 29.2 Å². The first-order chi connectivity index (χ1) is 10.0. The van der Waals surface area contributed by atoms with Crippen LogP contribution >= 0.6 is 7.34 Å². The predicted octanol–water partition coefficient (Wildman–Crippen LogP) is 2.63. The zero-order chi connectivity index (χ0) is 15.0. The van der Waals surface area contributed by atoms with E-state index in [0.717, 1.165) is 19.3 Å². The molecule has 1 aliphatic heterocycles. The minimum absolute atomic E-state index is 0.0566. The molecule has 0 amide bonds. The van der Waals surface area contributed by atoms with Gasteiger partial charge in [-0.3, -0.25) is 0 Å². The molecule has 2 aromatic carbocycles. The Morgan fingerprint density at radius 3 is 2.24 bits per heavy atom. The highest BCUT2D eigenvalue weighted by molar-refractivity contribution is 7.71. The number of phenols is 2. The van der Waals surface area contributed by atoms with Crippen LogP contribution < -0.4 is 5.30 Å². The quantitative estimate of drug-likeness (QED) is 0.445. The van der Waals surface area contributed by atoms with Gasteiger partial charge < -0.3 is 20.0 Å². The number of fused-ring (bicyclic) bond motifs is 2. The molecule has 0 spiro atoms. The van der Waals surface area contributed by atoms with Gasteiger partial charge >= 0.3 is 0 Å². The first kappa shape index (κ1) is 14.5. The van der Waals surface area contributed by atoms with Crippen LogP contribution in [-0.2, 0) is 6.42 Å². The van der Waals surface area contributed by atoms with Crippen molar-refractivity contribution in [1.29, 1.82) is 0 Å². The first-order valence-electron chi connectivity index (χ1n) is 7.17. The van der Waals surface area contributed by atoms with Gasteiger partial charge in [-0.05, 0) is 31.5 Å². The highest BCUT2D eigenvalue weighted by Crippen LogP contribution is 2.47. The molecule has 0 atom stereocenters. The molecule has 0 bridgehead atoms. The van der Waals surface area contributed by atoms with Crippen LogP contribution in [0.15, 0.2) is 24.3 Å². The lowest BCUT2D eigenvalue weighted by Gasteiger charge is -2.21. The zero-order valence-electron chi connectivity index (χ0n) is 11.7. The molecule has 0 aliphatic carbocycles. The molecule has 0 saturated carbocycles. The molecule has 0 fully saturated rings. The monoisotopic (exact) mass is 306 g/mol. The third-order valence-corrected chi connectivity index (χ3v) is 5.98. The fourth-order valence-corrected chi connectivity index (χ4v) is 4.79. The van der Waals surface area contributed by atoms with E-state index in [-0.39, 0.29) is 16.8 Å². The van der Waals surface area contributed by atoms with Crippen molar-refractivity contribution in [3.05, 3.63) is 29.8 Å². The molecule has 2 aromatic rings. The summed E-state index contributed by atoms with van der Waals surface area (Å²) in [6, 6.07) is 6.95. The average molecular weight is 306 g/mol.